The van der Waals surface area contributed by atoms with E-state index in [9.17, 15) is 9.59 Å². The molecule has 3 aromatic carbocycles. The Kier molecular flexibility index (Phi) is 9.49. The zero-order valence-electron chi connectivity index (χ0n) is 26.3. The van der Waals surface area contributed by atoms with Crippen molar-refractivity contribution >= 4 is 41.0 Å². The van der Waals surface area contributed by atoms with Crippen LogP contribution in [0.3, 0.4) is 0 Å². The summed E-state index contributed by atoms with van der Waals surface area (Å²) >= 11 is 0. The number of benzene rings is 3. The summed E-state index contributed by atoms with van der Waals surface area (Å²) in [5.41, 5.74) is 19.5. The summed E-state index contributed by atoms with van der Waals surface area (Å²) in [4.78, 5) is 33.9. The van der Waals surface area contributed by atoms with Crippen LogP contribution in [0.15, 0.2) is 65.1 Å². The number of hydrogen-bond donors (Lipinski definition) is 3. The third-order valence-electron chi connectivity index (χ3n) is 9.41. The highest BCUT2D eigenvalue weighted by Gasteiger charge is 2.35. The number of anilines is 1. The maximum absolute atomic E-state index is 14.0. The van der Waals surface area contributed by atoms with Crippen molar-refractivity contribution in [1.82, 2.24) is 25.6 Å². The highest BCUT2D eigenvalue weighted by molar-refractivity contribution is 6.17. The normalized spacial score (nSPS) is 18.4. The second kappa shape index (κ2) is 13.7. The van der Waals surface area contributed by atoms with Crippen LogP contribution in [0.1, 0.15) is 61.5 Å². The fourth-order valence-corrected chi connectivity index (χ4v) is 6.47. The van der Waals surface area contributed by atoms with Crippen LogP contribution in [0.2, 0.25) is 0 Å². The molecule has 0 unspecified atom stereocenters. The van der Waals surface area contributed by atoms with E-state index in [0.29, 0.717) is 48.3 Å². The predicted octanol–water partition coefficient (Wildman–Crippen LogP) is 5.48. The van der Waals surface area contributed by atoms with E-state index in [2.05, 4.69) is 39.7 Å². The van der Waals surface area contributed by atoms with Gasteiger partial charge in [0.05, 0.1) is 11.7 Å². The number of nitrogens with two attached hydrogens (primary N) is 2. The Morgan fingerprint density at radius 3 is 2.32 bits per heavy atom. The topological polar surface area (TPSA) is 170 Å². The Balaban J connectivity index is 0.00000386. The minimum absolute atomic E-state index is 0. The number of H-pyrrole nitrogens is 1. The molecule has 2 saturated carbocycles. The number of aromatic amines is 1. The van der Waals surface area contributed by atoms with Crippen LogP contribution in [0, 0.1) is 18.8 Å². The monoisotopic (exact) mass is 654 g/mol. The molecule has 5 N–H and O–H groups in total. The molecule has 0 radical (unpaired) electrons. The quantitative estimate of drug-likeness (QED) is 0.186. The molecule has 0 aliphatic heterocycles. The van der Waals surface area contributed by atoms with E-state index in [1.54, 1.807) is 24.3 Å². The van der Waals surface area contributed by atoms with Gasteiger partial charge < -0.3 is 15.9 Å². The lowest BCUT2D eigenvalue weighted by Crippen LogP contribution is -2.50. The number of halogens is 1. The van der Waals surface area contributed by atoms with Gasteiger partial charge in [-0.1, -0.05) is 24.3 Å². The Bertz CT molecular complexity index is 1840. The molecule has 244 valence electrons. The van der Waals surface area contributed by atoms with Gasteiger partial charge in [-0.2, -0.15) is 5.21 Å². The molecule has 2 aliphatic carbocycles. The fourth-order valence-electron chi connectivity index (χ4n) is 6.47. The molecule has 2 amide bonds. The SMILES string of the molecule is Cc1cc2oc(C3CC3)nc2cc1-c1ccc(C[C@H](N)C(=O)N(C(=O)C2CCC(CN)CC2)c2ccc(-c3nn[nH]n3)cc2)cc1.Cl. The van der Waals surface area contributed by atoms with Gasteiger partial charge in [0, 0.05) is 17.4 Å². The van der Waals surface area contributed by atoms with E-state index in [1.165, 1.54) is 4.90 Å². The van der Waals surface area contributed by atoms with Crippen LogP contribution in [0.25, 0.3) is 33.6 Å². The van der Waals surface area contributed by atoms with Crippen molar-refractivity contribution in [3.05, 3.63) is 77.7 Å². The van der Waals surface area contributed by atoms with Crippen LogP contribution in [0.5, 0.6) is 0 Å². The fraction of sp³-hybridized carbons (Fsp3) is 0.371. The maximum atomic E-state index is 14.0. The molecule has 47 heavy (non-hydrogen) atoms. The first kappa shape index (κ1) is 32.5. The van der Waals surface area contributed by atoms with Gasteiger partial charge in [-0.3, -0.25) is 9.59 Å². The number of nitrogens with zero attached hydrogens (tertiary/aromatic N) is 5. The van der Waals surface area contributed by atoms with E-state index in [0.717, 1.165) is 64.9 Å². The number of carbonyl (C=O) groups excluding carboxylic acids is 2. The van der Waals surface area contributed by atoms with E-state index in [-0.39, 0.29) is 30.7 Å². The van der Waals surface area contributed by atoms with Crippen molar-refractivity contribution in [3.63, 3.8) is 0 Å². The van der Waals surface area contributed by atoms with E-state index in [1.807, 2.05) is 24.3 Å². The third kappa shape index (κ3) is 6.83. The summed E-state index contributed by atoms with van der Waals surface area (Å²) in [7, 11) is 0. The number of tetrazole rings is 1. The highest BCUT2D eigenvalue weighted by atomic mass is 35.5. The summed E-state index contributed by atoms with van der Waals surface area (Å²) in [6.07, 6.45) is 5.70. The predicted molar refractivity (Wildman–Crippen MR) is 182 cm³/mol. The minimum atomic E-state index is -0.916. The lowest BCUT2D eigenvalue weighted by molar-refractivity contribution is -0.130. The minimum Gasteiger partial charge on any atom is -0.440 e. The molecule has 2 heterocycles. The molecular weight excluding hydrogens is 616 g/mol. The number of aryl methyl sites for hydroxylation is 1. The molecule has 0 saturated heterocycles. The first-order chi connectivity index (χ1) is 22.4. The van der Waals surface area contributed by atoms with Gasteiger partial charge in [-0.25, -0.2) is 9.88 Å². The van der Waals surface area contributed by atoms with Gasteiger partial charge in [-0.15, -0.1) is 22.6 Å². The molecule has 1 atom stereocenters. The van der Waals surface area contributed by atoms with Crippen molar-refractivity contribution in [1.29, 1.82) is 0 Å². The van der Waals surface area contributed by atoms with Gasteiger partial charge >= 0.3 is 0 Å². The number of carbonyl (C=O) groups is 2. The van der Waals surface area contributed by atoms with E-state index < -0.39 is 11.9 Å². The molecule has 5 aromatic rings. The number of nitrogens with one attached hydrogen (secondary N) is 1. The van der Waals surface area contributed by atoms with Gasteiger partial charge in [-0.05, 0) is 128 Å². The van der Waals surface area contributed by atoms with Crippen molar-refractivity contribution in [2.45, 2.75) is 63.8 Å². The van der Waals surface area contributed by atoms with Gasteiger partial charge in [0.25, 0.3) is 5.91 Å². The van der Waals surface area contributed by atoms with Crippen molar-refractivity contribution in [2.24, 2.45) is 23.3 Å². The van der Waals surface area contributed by atoms with Crippen LogP contribution in [-0.4, -0.2) is 50.0 Å². The Labute approximate surface area is 278 Å². The first-order valence-electron chi connectivity index (χ1n) is 16.1. The molecule has 2 fully saturated rings. The Morgan fingerprint density at radius 1 is 0.979 bits per heavy atom. The third-order valence-corrected chi connectivity index (χ3v) is 9.41. The summed E-state index contributed by atoms with van der Waals surface area (Å²) in [6, 6.07) is 18.3. The van der Waals surface area contributed by atoms with Crippen molar-refractivity contribution in [3.8, 4) is 22.5 Å². The summed E-state index contributed by atoms with van der Waals surface area (Å²) in [6.45, 7) is 2.68. The molecule has 11 nitrogen and oxygen atoms in total. The van der Waals surface area contributed by atoms with Crippen LogP contribution in [0.4, 0.5) is 5.69 Å². The largest absolute Gasteiger partial charge is 0.440 e. The lowest BCUT2D eigenvalue weighted by Gasteiger charge is -2.32. The number of rotatable bonds is 9. The average molecular weight is 655 g/mol. The van der Waals surface area contributed by atoms with Crippen LogP contribution < -0.4 is 16.4 Å². The smallest absolute Gasteiger partial charge is 0.251 e. The molecule has 12 heteroatoms. The number of aromatic nitrogens is 5. The zero-order valence-corrected chi connectivity index (χ0v) is 27.1. The van der Waals surface area contributed by atoms with Crippen LogP contribution in [-0.2, 0) is 16.0 Å². The number of hydrogen-bond acceptors (Lipinski definition) is 9. The number of oxazole rings is 1. The molecule has 2 aliphatic rings. The molecule has 7 rings (SSSR count). The summed E-state index contributed by atoms with van der Waals surface area (Å²) in [5.74, 6) is 1.21. The molecule has 2 aromatic heterocycles. The standard InChI is InChI=1S/C35H38N8O3.ClH/c1-20-16-31-30(38-33(46-31)25-10-11-25)18-28(20)23-6-2-21(3-7-23)17-29(37)35(45)43(34(44)26-8-4-22(19-36)5-9-26)27-14-12-24(13-15-27)32-39-41-42-40-32;/h2-3,6-7,12-16,18,22,25-26,29H,4-5,8-11,17,19,36-37H2,1H3,(H,39,40,41,42);1H/t22?,26?,29-;/m0./s1. The molecule has 0 spiro atoms. The highest BCUT2D eigenvalue weighted by Crippen LogP contribution is 2.41. The van der Waals surface area contributed by atoms with Gasteiger partial charge in [0.1, 0.15) is 5.52 Å². The van der Waals surface area contributed by atoms with Crippen molar-refractivity contribution < 1.29 is 14.0 Å². The maximum Gasteiger partial charge on any atom is 0.251 e. The van der Waals surface area contributed by atoms with Gasteiger partial charge in [0.2, 0.25) is 11.7 Å². The Morgan fingerprint density at radius 2 is 1.68 bits per heavy atom. The second-order valence-electron chi connectivity index (χ2n) is 12.7. The van der Waals surface area contributed by atoms with E-state index in [4.69, 9.17) is 20.9 Å². The molecule has 0 bridgehead atoms. The van der Waals surface area contributed by atoms with E-state index >= 15 is 0 Å². The average Bonchev–Trinajstić information content (AvgIpc) is 3.62. The second-order valence-corrected chi connectivity index (χ2v) is 12.7. The number of imide groups is 1. The summed E-state index contributed by atoms with van der Waals surface area (Å²) in [5, 5.41) is 14.1. The first-order valence-corrected chi connectivity index (χ1v) is 16.1. The van der Waals surface area contributed by atoms with Crippen LogP contribution >= 0.6 is 12.4 Å². The lowest BCUT2D eigenvalue weighted by atomic mass is 9.81. The summed E-state index contributed by atoms with van der Waals surface area (Å²) < 4.78 is 5.99. The molecular formula is C35H39ClN8O3. The van der Waals surface area contributed by atoms with Crippen molar-refractivity contribution in [2.75, 3.05) is 11.4 Å². The number of fused-ring (bicyclic) bond motifs is 1. The zero-order chi connectivity index (χ0) is 31.8. The number of amides is 2. The Hall–Kier alpha value is -4.45. The van der Waals surface area contributed by atoms with Gasteiger partial charge in [0.15, 0.2) is 11.5 Å².